The largest absolute Gasteiger partial charge is 0.756 e. The van der Waals surface area contributed by atoms with Crippen molar-refractivity contribution in [2.75, 3.05) is 40.9 Å². The molecule has 0 aromatic rings. The van der Waals surface area contributed by atoms with Crippen LogP contribution in [-0.4, -0.2) is 69.4 Å². The van der Waals surface area contributed by atoms with Crippen LogP contribution < -0.4 is 10.2 Å². The van der Waals surface area contributed by atoms with Crippen LogP contribution in [0.4, 0.5) is 0 Å². The standard InChI is InChI=1S/C67H129N2O7P/c1-7-10-13-16-19-22-25-28-30-31-32-33-34-35-36-37-38-39-40-42-45-48-51-54-57-60-67(71)76-65(58-55-52-49-46-43-27-24-21-18-15-12-9-3)64(63-75-77(72,73)74-62-61-69(4,5)6)68-66(70)59-56-53-50-47-44-41-29-26-23-20-17-14-11-8-2/h28,30,41,44,55,58,64-65H,7-27,29,31-40,42-43,45-54,56-57,59-63H2,1-6H3,(H-,68,70,72,73)/b30-28+,44-41-,58-55-. The zero-order valence-corrected chi connectivity index (χ0v) is 52.8. The minimum atomic E-state index is -4.70. The minimum absolute atomic E-state index is 0.0227. The molecule has 3 atom stereocenters. The molecule has 77 heavy (non-hydrogen) atoms. The van der Waals surface area contributed by atoms with Crippen LogP contribution in [0, 0.1) is 0 Å². The summed E-state index contributed by atoms with van der Waals surface area (Å²) in [6.45, 7) is 6.86. The van der Waals surface area contributed by atoms with Gasteiger partial charge in [0.25, 0.3) is 7.82 Å². The lowest BCUT2D eigenvalue weighted by Crippen LogP contribution is -2.47. The number of hydrogen-bond donors (Lipinski definition) is 1. The van der Waals surface area contributed by atoms with Crippen LogP contribution >= 0.6 is 7.82 Å². The highest BCUT2D eigenvalue weighted by Gasteiger charge is 2.27. The van der Waals surface area contributed by atoms with E-state index < -0.39 is 26.6 Å². The van der Waals surface area contributed by atoms with Gasteiger partial charge >= 0.3 is 5.97 Å². The average Bonchev–Trinajstić information content (AvgIpc) is 3.39. The molecule has 3 unspecified atom stereocenters. The fourth-order valence-electron chi connectivity index (χ4n) is 9.87. The molecule has 454 valence electrons. The van der Waals surface area contributed by atoms with Gasteiger partial charge in [-0.2, -0.15) is 0 Å². The van der Waals surface area contributed by atoms with Gasteiger partial charge in [0.05, 0.1) is 33.8 Å². The Balaban J connectivity index is 5.06. The molecule has 0 spiro atoms. The maximum absolute atomic E-state index is 13.5. The number of hydrogen-bond acceptors (Lipinski definition) is 7. The summed E-state index contributed by atoms with van der Waals surface area (Å²) in [5, 5.41) is 3.02. The Morgan fingerprint density at radius 2 is 0.753 bits per heavy atom. The van der Waals surface area contributed by atoms with Crippen LogP contribution in [-0.2, 0) is 27.9 Å². The van der Waals surface area contributed by atoms with Crippen molar-refractivity contribution in [1.82, 2.24) is 5.32 Å². The highest BCUT2D eigenvalue weighted by atomic mass is 31.2. The third-order valence-electron chi connectivity index (χ3n) is 15.0. The number of phosphoric acid groups is 1. The Morgan fingerprint density at radius 1 is 0.442 bits per heavy atom. The molecule has 0 rings (SSSR count). The van der Waals surface area contributed by atoms with Gasteiger partial charge in [-0.1, -0.05) is 269 Å². The van der Waals surface area contributed by atoms with E-state index >= 15 is 0 Å². The van der Waals surface area contributed by atoms with E-state index in [0.29, 0.717) is 17.4 Å². The van der Waals surface area contributed by atoms with E-state index in [9.17, 15) is 19.0 Å². The molecule has 9 nitrogen and oxygen atoms in total. The highest BCUT2D eigenvalue weighted by Crippen LogP contribution is 2.38. The van der Waals surface area contributed by atoms with Crippen molar-refractivity contribution in [1.29, 1.82) is 0 Å². The fourth-order valence-corrected chi connectivity index (χ4v) is 10.6. The summed E-state index contributed by atoms with van der Waals surface area (Å²) >= 11 is 0. The number of amides is 1. The Bertz CT molecular complexity index is 1410. The number of ether oxygens (including phenoxy) is 1. The first-order chi connectivity index (χ1) is 37.4. The minimum Gasteiger partial charge on any atom is -0.756 e. The van der Waals surface area contributed by atoms with Crippen LogP contribution in [0.2, 0.25) is 0 Å². The number of unbranched alkanes of at least 4 members (excludes halogenated alkanes) is 41. The number of nitrogens with one attached hydrogen (secondary N) is 1. The van der Waals surface area contributed by atoms with E-state index in [1.54, 1.807) is 0 Å². The number of allylic oxidation sites excluding steroid dienone is 5. The number of quaternary nitrogens is 1. The molecule has 0 aliphatic carbocycles. The zero-order valence-electron chi connectivity index (χ0n) is 51.9. The van der Waals surface area contributed by atoms with Crippen LogP contribution in [0.5, 0.6) is 0 Å². The molecule has 0 aromatic carbocycles. The zero-order chi connectivity index (χ0) is 56.4. The van der Waals surface area contributed by atoms with E-state index in [-0.39, 0.29) is 24.9 Å². The van der Waals surface area contributed by atoms with Crippen molar-refractivity contribution in [2.45, 2.75) is 341 Å². The number of carbonyl (C=O) groups is 2. The van der Waals surface area contributed by atoms with E-state index in [2.05, 4.69) is 50.4 Å². The van der Waals surface area contributed by atoms with Gasteiger partial charge in [-0.25, -0.2) is 0 Å². The van der Waals surface area contributed by atoms with Gasteiger partial charge in [0.2, 0.25) is 5.91 Å². The van der Waals surface area contributed by atoms with Crippen molar-refractivity contribution in [3.63, 3.8) is 0 Å². The summed E-state index contributed by atoms with van der Waals surface area (Å²) in [4.78, 5) is 40.0. The first-order valence-corrected chi connectivity index (χ1v) is 34.8. The predicted molar refractivity (Wildman–Crippen MR) is 330 cm³/mol. The van der Waals surface area contributed by atoms with Crippen molar-refractivity contribution in [3.05, 3.63) is 36.5 Å². The molecule has 0 saturated carbocycles. The summed E-state index contributed by atoms with van der Waals surface area (Å²) in [6.07, 6.45) is 69.8. The molecule has 0 aliphatic rings. The van der Waals surface area contributed by atoms with E-state index in [1.165, 1.54) is 225 Å². The maximum Gasteiger partial charge on any atom is 0.306 e. The molecule has 0 saturated heterocycles. The number of esters is 1. The molecule has 0 heterocycles. The van der Waals surface area contributed by atoms with E-state index in [1.807, 2.05) is 33.3 Å². The van der Waals surface area contributed by atoms with Gasteiger partial charge in [0.15, 0.2) is 0 Å². The van der Waals surface area contributed by atoms with Crippen LogP contribution in [0.15, 0.2) is 36.5 Å². The summed E-state index contributed by atoms with van der Waals surface area (Å²) in [6, 6.07) is -0.892. The smallest absolute Gasteiger partial charge is 0.306 e. The molecule has 0 fully saturated rings. The number of rotatable bonds is 61. The van der Waals surface area contributed by atoms with Crippen molar-refractivity contribution in [2.24, 2.45) is 0 Å². The van der Waals surface area contributed by atoms with Gasteiger partial charge in [-0.05, 0) is 83.1 Å². The fraction of sp³-hybridized carbons (Fsp3) is 0.881. The summed E-state index contributed by atoms with van der Waals surface area (Å²) in [5.41, 5.74) is 0. The van der Waals surface area contributed by atoms with E-state index in [4.69, 9.17) is 13.8 Å². The second-order valence-electron chi connectivity index (χ2n) is 24.0. The Hall–Kier alpha value is -1.77. The molecule has 0 aromatic heterocycles. The Labute approximate surface area is 478 Å². The second kappa shape index (κ2) is 57.5. The van der Waals surface area contributed by atoms with Gasteiger partial charge < -0.3 is 28.5 Å². The first-order valence-electron chi connectivity index (χ1n) is 33.3. The van der Waals surface area contributed by atoms with Crippen LogP contribution in [0.3, 0.4) is 0 Å². The highest BCUT2D eigenvalue weighted by molar-refractivity contribution is 7.45. The van der Waals surface area contributed by atoms with Gasteiger partial charge in [-0.3, -0.25) is 14.2 Å². The molecular formula is C67H129N2O7P. The molecule has 1 N–H and O–H groups in total. The lowest BCUT2D eigenvalue weighted by molar-refractivity contribution is -0.870. The number of carbonyl (C=O) groups excluding carboxylic acids is 2. The third kappa shape index (κ3) is 58.7. The SMILES string of the molecule is CCCCCCCC/C=C/CCCCCCCCCCCCCCCCCC(=O)OC(/C=C\CCCCCCCCCCCC)C(COP(=O)([O-])OCC[N+](C)(C)C)NC(=O)CCCCC/C=C\CCCCCCCCC. The molecule has 0 aliphatic heterocycles. The topological polar surface area (TPSA) is 114 Å². The third-order valence-corrected chi connectivity index (χ3v) is 16.0. The number of nitrogens with zero attached hydrogens (tertiary/aromatic N) is 1. The van der Waals surface area contributed by atoms with Crippen molar-refractivity contribution in [3.8, 4) is 0 Å². The van der Waals surface area contributed by atoms with Crippen LogP contribution in [0.25, 0.3) is 0 Å². The second-order valence-corrected chi connectivity index (χ2v) is 25.4. The maximum atomic E-state index is 13.5. The normalized spacial score (nSPS) is 13.8. The molecule has 10 heteroatoms. The first kappa shape index (κ1) is 75.2. The van der Waals surface area contributed by atoms with Crippen LogP contribution in [0.1, 0.15) is 329 Å². The quantitative estimate of drug-likeness (QED) is 0.0212. The molecule has 0 bridgehead atoms. The molecule has 1 amide bonds. The molecule has 0 radical (unpaired) electrons. The summed E-state index contributed by atoms with van der Waals surface area (Å²) in [5.74, 6) is -0.545. The predicted octanol–water partition coefficient (Wildman–Crippen LogP) is 20.0. The number of likely N-dealkylation sites (N-methyl/N-ethyl adjacent to an activating group) is 1. The van der Waals surface area contributed by atoms with Gasteiger partial charge in [0, 0.05) is 12.8 Å². The monoisotopic (exact) mass is 1100 g/mol. The average molecular weight is 1110 g/mol. The van der Waals surface area contributed by atoms with Crippen molar-refractivity contribution < 1.29 is 37.3 Å². The van der Waals surface area contributed by atoms with Gasteiger partial charge in [-0.15, -0.1) is 0 Å². The molecular weight excluding hydrogens is 976 g/mol. The summed E-state index contributed by atoms with van der Waals surface area (Å²) in [7, 11) is 1.19. The van der Waals surface area contributed by atoms with Gasteiger partial charge in [0.1, 0.15) is 19.3 Å². The lowest BCUT2D eigenvalue weighted by Gasteiger charge is -2.30. The lowest BCUT2D eigenvalue weighted by atomic mass is 10.0. The Morgan fingerprint density at radius 3 is 1.12 bits per heavy atom. The summed E-state index contributed by atoms with van der Waals surface area (Å²) < 4.78 is 30.3. The number of phosphoric ester groups is 1. The Kier molecular flexibility index (Phi) is 56.1. The van der Waals surface area contributed by atoms with E-state index in [0.717, 1.165) is 70.6 Å². The van der Waals surface area contributed by atoms with Crippen molar-refractivity contribution >= 4 is 19.7 Å².